The van der Waals surface area contributed by atoms with Crippen LogP contribution >= 0.6 is 0 Å². The summed E-state index contributed by atoms with van der Waals surface area (Å²) in [7, 11) is 1.75. The highest BCUT2D eigenvalue weighted by Crippen LogP contribution is 2.16. The van der Waals surface area contributed by atoms with Gasteiger partial charge in [0.25, 0.3) is 5.95 Å². The van der Waals surface area contributed by atoms with Crippen LogP contribution in [0, 0.1) is 0 Å². The van der Waals surface area contributed by atoms with E-state index in [0.717, 1.165) is 12.1 Å². The Balaban J connectivity index is 2.08. The van der Waals surface area contributed by atoms with Gasteiger partial charge in [0.1, 0.15) is 12.7 Å². The number of hydrogen-bond acceptors (Lipinski definition) is 7. The highest BCUT2D eigenvalue weighted by molar-refractivity contribution is 5.54. The summed E-state index contributed by atoms with van der Waals surface area (Å²) in [6.07, 6.45) is 6.58. The molecule has 0 radical (unpaired) electrons. The van der Waals surface area contributed by atoms with Gasteiger partial charge >= 0.3 is 0 Å². The zero-order valence-electron chi connectivity index (χ0n) is 11.1. The van der Waals surface area contributed by atoms with Crippen LogP contribution in [0.15, 0.2) is 25.0 Å². The van der Waals surface area contributed by atoms with Crippen molar-refractivity contribution in [2.45, 2.75) is 13.5 Å². The van der Waals surface area contributed by atoms with Gasteiger partial charge in [0.15, 0.2) is 5.82 Å². The molecule has 3 aromatic heterocycles. The molecule has 0 bridgehead atoms. The Morgan fingerprint density at radius 2 is 2.10 bits per heavy atom. The summed E-state index contributed by atoms with van der Waals surface area (Å²) >= 11 is 0. The van der Waals surface area contributed by atoms with Gasteiger partial charge in [0.05, 0.1) is 11.8 Å². The molecule has 102 valence electrons. The van der Waals surface area contributed by atoms with Crippen LogP contribution < -0.4 is 5.32 Å². The van der Waals surface area contributed by atoms with Crippen molar-refractivity contribution >= 4 is 5.95 Å². The molecule has 9 heteroatoms. The van der Waals surface area contributed by atoms with Crippen molar-refractivity contribution in [1.29, 1.82) is 0 Å². The van der Waals surface area contributed by atoms with Crippen LogP contribution in [0.4, 0.5) is 5.95 Å². The average molecular weight is 271 g/mol. The van der Waals surface area contributed by atoms with E-state index in [1.165, 1.54) is 17.3 Å². The van der Waals surface area contributed by atoms with Gasteiger partial charge in [-0.1, -0.05) is 0 Å². The topological polar surface area (TPSA) is 99.2 Å². The van der Waals surface area contributed by atoms with E-state index in [1.54, 1.807) is 13.2 Å². The van der Waals surface area contributed by atoms with E-state index in [0.29, 0.717) is 17.7 Å². The minimum Gasteiger partial charge on any atom is -0.357 e. The van der Waals surface area contributed by atoms with Crippen molar-refractivity contribution in [1.82, 2.24) is 39.5 Å². The maximum absolute atomic E-state index is 4.39. The van der Waals surface area contributed by atoms with Gasteiger partial charge in [-0.25, -0.2) is 4.98 Å². The Kier molecular flexibility index (Phi) is 3.07. The first-order chi connectivity index (χ1) is 9.80. The van der Waals surface area contributed by atoms with Gasteiger partial charge < -0.3 is 5.32 Å². The lowest BCUT2D eigenvalue weighted by molar-refractivity contribution is 0.660. The van der Waals surface area contributed by atoms with E-state index in [4.69, 9.17) is 0 Å². The molecule has 0 atom stereocenters. The van der Waals surface area contributed by atoms with Gasteiger partial charge in [-0.2, -0.15) is 29.8 Å². The summed E-state index contributed by atoms with van der Waals surface area (Å²) in [6.45, 7) is 2.81. The second-order valence-electron chi connectivity index (χ2n) is 3.96. The molecule has 20 heavy (non-hydrogen) atoms. The highest BCUT2D eigenvalue weighted by Gasteiger charge is 2.11. The average Bonchev–Trinajstić information content (AvgIpc) is 3.17. The molecule has 0 aliphatic rings. The second-order valence-corrected chi connectivity index (χ2v) is 3.96. The fraction of sp³-hybridized carbons (Fsp3) is 0.273. The number of rotatable bonds is 4. The Labute approximate surface area is 114 Å². The van der Waals surface area contributed by atoms with Crippen molar-refractivity contribution in [2.24, 2.45) is 0 Å². The van der Waals surface area contributed by atoms with Crippen LogP contribution in [0.3, 0.4) is 0 Å². The lowest BCUT2D eigenvalue weighted by atomic mass is 10.3. The molecule has 0 saturated carbocycles. The number of anilines is 1. The first kappa shape index (κ1) is 12.2. The fourth-order valence-corrected chi connectivity index (χ4v) is 1.67. The van der Waals surface area contributed by atoms with Gasteiger partial charge in [0, 0.05) is 19.8 Å². The van der Waals surface area contributed by atoms with E-state index in [-0.39, 0.29) is 0 Å². The Bertz CT molecular complexity index is 701. The summed E-state index contributed by atoms with van der Waals surface area (Å²) in [4.78, 5) is 16.9. The minimum absolute atomic E-state index is 0.404. The molecule has 0 aromatic carbocycles. The largest absolute Gasteiger partial charge is 0.357 e. The van der Waals surface area contributed by atoms with Crippen LogP contribution in [0.2, 0.25) is 0 Å². The molecular formula is C11H13N9. The molecule has 0 unspecified atom stereocenters. The SMILES string of the molecule is CCn1cc(-c2nc(NC)nc(-n3cncn3)n2)cn1. The minimum atomic E-state index is 0.404. The molecule has 3 rings (SSSR count). The molecule has 9 nitrogen and oxygen atoms in total. The van der Waals surface area contributed by atoms with Crippen molar-refractivity contribution in [3.05, 3.63) is 25.0 Å². The Hall–Kier alpha value is -2.84. The third kappa shape index (κ3) is 2.20. The predicted octanol–water partition coefficient (Wildman–Crippen LogP) is 0.377. The zero-order chi connectivity index (χ0) is 13.9. The van der Waals surface area contributed by atoms with E-state index in [2.05, 4.69) is 35.5 Å². The molecule has 0 amide bonds. The Morgan fingerprint density at radius 3 is 2.75 bits per heavy atom. The van der Waals surface area contributed by atoms with Crippen molar-refractivity contribution < 1.29 is 0 Å². The quantitative estimate of drug-likeness (QED) is 0.732. The maximum atomic E-state index is 4.39. The number of aryl methyl sites for hydroxylation is 1. The molecule has 3 heterocycles. The molecule has 0 aliphatic heterocycles. The third-order valence-electron chi connectivity index (χ3n) is 2.69. The maximum Gasteiger partial charge on any atom is 0.257 e. The second kappa shape index (κ2) is 5.03. The first-order valence-corrected chi connectivity index (χ1v) is 6.12. The van der Waals surface area contributed by atoms with Gasteiger partial charge in [-0.15, -0.1) is 0 Å². The van der Waals surface area contributed by atoms with Crippen LogP contribution in [-0.2, 0) is 6.54 Å². The lowest BCUT2D eigenvalue weighted by Gasteiger charge is -2.04. The molecular weight excluding hydrogens is 258 g/mol. The molecule has 3 aromatic rings. The smallest absolute Gasteiger partial charge is 0.257 e. The molecule has 0 saturated heterocycles. The summed E-state index contributed by atoms with van der Waals surface area (Å²) in [5.41, 5.74) is 0.826. The standard InChI is InChI=1S/C11H13N9/c1-3-19-5-8(4-14-19)9-16-10(12-2)18-11(17-9)20-7-13-6-15-20/h4-7H,3H2,1-2H3,(H,12,16,17,18). The van der Waals surface area contributed by atoms with Gasteiger partial charge in [-0.05, 0) is 6.92 Å². The van der Waals surface area contributed by atoms with E-state index in [1.807, 2.05) is 17.8 Å². The predicted molar refractivity (Wildman–Crippen MR) is 71.2 cm³/mol. The highest BCUT2D eigenvalue weighted by atomic mass is 15.4. The van der Waals surface area contributed by atoms with E-state index in [9.17, 15) is 0 Å². The van der Waals surface area contributed by atoms with Crippen LogP contribution in [0.5, 0.6) is 0 Å². The van der Waals surface area contributed by atoms with Crippen LogP contribution in [0.1, 0.15) is 6.92 Å². The van der Waals surface area contributed by atoms with Gasteiger partial charge in [0.2, 0.25) is 5.95 Å². The molecule has 0 fully saturated rings. The Morgan fingerprint density at radius 1 is 1.20 bits per heavy atom. The van der Waals surface area contributed by atoms with Crippen LogP contribution in [0.25, 0.3) is 17.3 Å². The van der Waals surface area contributed by atoms with Crippen LogP contribution in [-0.4, -0.2) is 46.5 Å². The van der Waals surface area contributed by atoms with Gasteiger partial charge in [-0.3, -0.25) is 4.68 Å². The number of nitrogens with zero attached hydrogens (tertiary/aromatic N) is 8. The monoisotopic (exact) mass is 271 g/mol. The molecule has 0 spiro atoms. The summed E-state index contributed by atoms with van der Waals surface area (Å²) in [5, 5.41) is 11.2. The number of hydrogen-bond donors (Lipinski definition) is 1. The normalized spacial score (nSPS) is 10.7. The van der Waals surface area contributed by atoms with Crippen molar-refractivity contribution in [2.75, 3.05) is 12.4 Å². The number of nitrogens with one attached hydrogen (secondary N) is 1. The fourth-order valence-electron chi connectivity index (χ4n) is 1.67. The summed E-state index contributed by atoms with van der Waals surface area (Å²) < 4.78 is 3.30. The zero-order valence-corrected chi connectivity index (χ0v) is 11.1. The van der Waals surface area contributed by atoms with E-state index >= 15 is 0 Å². The van der Waals surface area contributed by atoms with Crippen molar-refractivity contribution in [3.63, 3.8) is 0 Å². The van der Waals surface area contributed by atoms with Crippen molar-refractivity contribution in [3.8, 4) is 17.3 Å². The first-order valence-electron chi connectivity index (χ1n) is 6.12. The lowest BCUT2D eigenvalue weighted by Crippen LogP contribution is -2.08. The third-order valence-corrected chi connectivity index (χ3v) is 2.69. The van der Waals surface area contributed by atoms with E-state index < -0.39 is 0 Å². The summed E-state index contributed by atoms with van der Waals surface area (Å²) in [5.74, 6) is 1.40. The summed E-state index contributed by atoms with van der Waals surface area (Å²) in [6, 6.07) is 0. The molecule has 1 N–H and O–H groups in total. The number of aromatic nitrogens is 8. The molecule has 0 aliphatic carbocycles.